The van der Waals surface area contributed by atoms with E-state index in [9.17, 15) is 9.90 Å². The first-order chi connectivity index (χ1) is 5.61. The maximum absolute atomic E-state index is 10.2. The SMILES string of the molecule is Cc1occc1[C@@H](O)CC(=O)O. The second-order valence-corrected chi connectivity index (χ2v) is 2.55. The molecule has 4 nitrogen and oxygen atoms in total. The minimum absolute atomic E-state index is 0.291. The largest absolute Gasteiger partial charge is 0.481 e. The van der Waals surface area contributed by atoms with Crippen molar-refractivity contribution in [1.29, 1.82) is 0 Å². The van der Waals surface area contributed by atoms with Crippen LogP contribution in [-0.4, -0.2) is 16.2 Å². The van der Waals surface area contributed by atoms with Crippen LogP contribution in [0.1, 0.15) is 23.8 Å². The van der Waals surface area contributed by atoms with Gasteiger partial charge in [-0.1, -0.05) is 0 Å². The molecule has 12 heavy (non-hydrogen) atoms. The number of carboxylic acid groups (broad SMARTS) is 1. The van der Waals surface area contributed by atoms with Crippen molar-refractivity contribution in [3.05, 3.63) is 23.7 Å². The standard InChI is InChI=1S/C8H10O4/c1-5-6(2-3-12-5)7(9)4-8(10)11/h2-3,7,9H,4H2,1H3,(H,10,11)/t7-/m0/s1. The molecule has 0 bridgehead atoms. The number of furan rings is 1. The molecule has 0 aromatic carbocycles. The zero-order valence-electron chi connectivity index (χ0n) is 6.65. The first-order valence-corrected chi connectivity index (χ1v) is 3.55. The van der Waals surface area contributed by atoms with Gasteiger partial charge in [-0.05, 0) is 13.0 Å². The van der Waals surface area contributed by atoms with Crippen LogP contribution in [0, 0.1) is 6.92 Å². The Morgan fingerprint density at radius 3 is 2.83 bits per heavy atom. The van der Waals surface area contributed by atoms with Crippen LogP contribution >= 0.6 is 0 Å². The minimum atomic E-state index is -1.02. The highest BCUT2D eigenvalue weighted by atomic mass is 16.4. The Balaban J connectivity index is 2.71. The zero-order chi connectivity index (χ0) is 9.14. The molecule has 0 spiro atoms. The van der Waals surface area contributed by atoms with Crippen LogP contribution in [0.3, 0.4) is 0 Å². The van der Waals surface area contributed by atoms with Crippen molar-refractivity contribution >= 4 is 5.97 Å². The van der Waals surface area contributed by atoms with Gasteiger partial charge in [0.05, 0.1) is 18.8 Å². The summed E-state index contributed by atoms with van der Waals surface area (Å²) in [5.41, 5.74) is 0.539. The quantitative estimate of drug-likeness (QED) is 0.712. The van der Waals surface area contributed by atoms with Crippen molar-refractivity contribution in [3.8, 4) is 0 Å². The monoisotopic (exact) mass is 170 g/mol. The Morgan fingerprint density at radius 1 is 1.75 bits per heavy atom. The van der Waals surface area contributed by atoms with E-state index in [0.717, 1.165) is 0 Å². The summed E-state index contributed by atoms with van der Waals surface area (Å²) in [6.07, 6.45) is 0.164. The average Bonchev–Trinajstić information content (AvgIpc) is 2.33. The van der Waals surface area contributed by atoms with E-state index in [-0.39, 0.29) is 6.42 Å². The molecule has 0 radical (unpaired) electrons. The van der Waals surface area contributed by atoms with Crippen molar-refractivity contribution in [1.82, 2.24) is 0 Å². The van der Waals surface area contributed by atoms with Gasteiger partial charge in [-0.2, -0.15) is 0 Å². The Bertz CT molecular complexity index is 276. The molecule has 1 atom stereocenters. The van der Waals surface area contributed by atoms with Gasteiger partial charge < -0.3 is 14.6 Å². The van der Waals surface area contributed by atoms with E-state index in [1.54, 1.807) is 13.0 Å². The molecule has 0 amide bonds. The molecule has 0 saturated carbocycles. The molecule has 0 saturated heterocycles. The fourth-order valence-corrected chi connectivity index (χ4v) is 1.02. The molecular formula is C8H10O4. The van der Waals surface area contributed by atoms with E-state index in [4.69, 9.17) is 9.52 Å². The van der Waals surface area contributed by atoms with Crippen LogP contribution in [0.4, 0.5) is 0 Å². The van der Waals surface area contributed by atoms with E-state index >= 15 is 0 Å². The van der Waals surface area contributed by atoms with Crippen LogP contribution in [0.5, 0.6) is 0 Å². The molecule has 1 rings (SSSR count). The maximum Gasteiger partial charge on any atom is 0.306 e. The van der Waals surface area contributed by atoms with Crippen molar-refractivity contribution < 1.29 is 19.4 Å². The Kier molecular flexibility index (Phi) is 2.50. The summed E-state index contributed by atoms with van der Waals surface area (Å²) >= 11 is 0. The summed E-state index contributed by atoms with van der Waals surface area (Å²) in [7, 11) is 0. The van der Waals surface area contributed by atoms with Gasteiger partial charge in [0.1, 0.15) is 5.76 Å². The molecule has 66 valence electrons. The third-order valence-corrected chi connectivity index (χ3v) is 1.63. The van der Waals surface area contributed by atoms with E-state index in [1.165, 1.54) is 6.26 Å². The Labute approximate surface area is 69.4 Å². The number of hydrogen-bond donors (Lipinski definition) is 2. The summed E-state index contributed by atoms with van der Waals surface area (Å²) in [5, 5.41) is 17.7. The molecule has 0 aliphatic heterocycles. The van der Waals surface area contributed by atoms with Crippen molar-refractivity contribution in [3.63, 3.8) is 0 Å². The fourth-order valence-electron chi connectivity index (χ4n) is 1.02. The Hall–Kier alpha value is -1.29. The highest BCUT2D eigenvalue weighted by Crippen LogP contribution is 2.20. The molecule has 2 N–H and O–H groups in total. The highest BCUT2D eigenvalue weighted by Gasteiger charge is 2.15. The van der Waals surface area contributed by atoms with Gasteiger partial charge in [-0.25, -0.2) is 0 Å². The third-order valence-electron chi connectivity index (χ3n) is 1.63. The van der Waals surface area contributed by atoms with Crippen molar-refractivity contribution in [2.75, 3.05) is 0 Å². The molecule has 0 aliphatic rings. The number of aryl methyl sites for hydroxylation is 1. The van der Waals surface area contributed by atoms with E-state index in [2.05, 4.69) is 0 Å². The first-order valence-electron chi connectivity index (χ1n) is 3.55. The lowest BCUT2D eigenvalue weighted by Gasteiger charge is -2.04. The molecule has 4 heteroatoms. The van der Waals surface area contributed by atoms with E-state index in [0.29, 0.717) is 11.3 Å². The number of rotatable bonds is 3. The Morgan fingerprint density at radius 2 is 2.42 bits per heavy atom. The average molecular weight is 170 g/mol. The molecule has 0 fully saturated rings. The smallest absolute Gasteiger partial charge is 0.306 e. The van der Waals surface area contributed by atoms with Crippen LogP contribution in [-0.2, 0) is 4.79 Å². The molecule has 1 aromatic rings. The van der Waals surface area contributed by atoms with Gasteiger partial charge >= 0.3 is 5.97 Å². The first kappa shape index (κ1) is 8.80. The number of aliphatic hydroxyl groups excluding tert-OH is 1. The number of hydrogen-bond acceptors (Lipinski definition) is 3. The van der Waals surface area contributed by atoms with Gasteiger partial charge in [0.15, 0.2) is 0 Å². The maximum atomic E-state index is 10.2. The number of aliphatic hydroxyl groups is 1. The van der Waals surface area contributed by atoms with Crippen molar-refractivity contribution in [2.45, 2.75) is 19.4 Å². The molecule has 0 unspecified atom stereocenters. The predicted octanol–water partition coefficient (Wildman–Crippen LogP) is 1.10. The predicted molar refractivity (Wildman–Crippen MR) is 40.7 cm³/mol. The number of carboxylic acids is 1. The lowest BCUT2D eigenvalue weighted by Crippen LogP contribution is -2.05. The summed E-state index contributed by atoms with van der Waals surface area (Å²) < 4.78 is 4.91. The van der Waals surface area contributed by atoms with Crippen LogP contribution in [0.2, 0.25) is 0 Å². The molecule has 1 aromatic heterocycles. The summed E-state index contributed by atoms with van der Waals surface area (Å²) in [5.74, 6) is -0.466. The lowest BCUT2D eigenvalue weighted by molar-refractivity contribution is -0.139. The van der Waals surface area contributed by atoms with Gasteiger partial charge in [0.2, 0.25) is 0 Å². The third kappa shape index (κ3) is 1.85. The van der Waals surface area contributed by atoms with E-state index in [1.807, 2.05) is 0 Å². The second kappa shape index (κ2) is 3.40. The van der Waals surface area contributed by atoms with Gasteiger partial charge in [0, 0.05) is 5.56 Å². The summed E-state index contributed by atoms with van der Waals surface area (Å²) in [6, 6.07) is 1.57. The van der Waals surface area contributed by atoms with Crippen LogP contribution in [0.15, 0.2) is 16.7 Å². The van der Waals surface area contributed by atoms with Crippen LogP contribution < -0.4 is 0 Å². The van der Waals surface area contributed by atoms with Gasteiger partial charge in [-0.3, -0.25) is 4.79 Å². The second-order valence-electron chi connectivity index (χ2n) is 2.55. The highest BCUT2D eigenvalue weighted by molar-refractivity contribution is 5.67. The molecule has 0 aliphatic carbocycles. The molecular weight excluding hydrogens is 160 g/mol. The summed E-state index contributed by atoms with van der Waals surface area (Å²) in [6.45, 7) is 1.68. The molecule has 1 heterocycles. The topological polar surface area (TPSA) is 70.7 Å². The normalized spacial score (nSPS) is 12.8. The lowest BCUT2D eigenvalue weighted by atomic mass is 10.1. The minimum Gasteiger partial charge on any atom is -0.481 e. The summed E-state index contributed by atoms with van der Waals surface area (Å²) in [4.78, 5) is 10.2. The van der Waals surface area contributed by atoms with Gasteiger partial charge in [-0.15, -0.1) is 0 Å². The number of carbonyl (C=O) groups is 1. The fraction of sp³-hybridized carbons (Fsp3) is 0.375. The number of aliphatic carboxylic acids is 1. The van der Waals surface area contributed by atoms with E-state index < -0.39 is 12.1 Å². The van der Waals surface area contributed by atoms with Gasteiger partial charge in [0.25, 0.3) is 0 Å². The van der Waals surface area contributed by atoms with Crippen LogP contribution in [0.25, 0.3) is 0 Å². The zero-order valence-corrected chi connectivity index (χ0v) is 6.65. The van der Waals surface area contributed by atoms with Crippen molar-refractivity contribution in [2.24, 2.45) is 0 Å².